The summed E-state index contributed by atoms with van der Waals surface area (Å²) >= 11 is 0. The highest BCUT2D eigenvalue weighted by Gasteiger charge is 1.94. The molecule has 0 atom stereocenters. The van der Waals surface area contributed by atoms with Crippen LogP contribution < -0.4 is 0 Å². The predicted molar refractivity (Wildman–Crippen MR) is 47.2 cm³/mol. The first-order valence-corrected chi connectivity index (χ1v) is 4.01. The molecule has 1 rings (SSSR count). The van der Waals surface area contributed by atoms with Crippen molar-refractivity contribution in [3.63, 3.8) is 0 Å². The summed E-state index contributed by atoms with van der Waals surface area (Å²) < 4.78 is 1.88. The number of rotatable bonds is 4. The van der Waals surface area contributed by atoms with Gasteiger partial charge in [-0.15, -0.1) is 0 Å². The van der Waals surface area contributed by atoms with Gasteiger partial charge >= 0.3 is 0 Å². The average Bonchev–Trinajstić information content (AvgIpc) is 2.48. The minimum absolute atomic E-state index is 1.08. The Balaban J connectivity index is 2.51. The SMILES string of the molecule is C=Cn1cnc(CCCC)c1. The molecule has 0 unspecified atom stereocenters. The molecule has 0 saturated carbocycles. The lowest BCUT2D eigenvalue weighted by Crippen LogP contribution is -1.83. The number of hydrogen-bond acceptors (Lipinski definition) is 1. The van der Waals surface area contributed by atoms with Crippen molar-refractivity contribution >= 4 is 6.20 Å². The number of nitrogens with zero attached hydrogens (tertiary/aromatic N) is 2. The van der Waals surface area contributed by atoms with Crippen LogP contribution in [0.1, 0.15) is 25.5 Å². The number of aromatic nitrogens is 2. The molecule has 0 aliphatic carbocycles. The second-order valence-electron chi connectivity index (χ2n) is 2.60. The van der Waals surface area contributed by atoms with Crippen molar-refractivity contribution in [3.8, 4) is 0 Å². The van der Waals surface area contributed by atoms with Crippen molar-refractivity contribution in [2.75, 3.05) is 0 Å². The molecule has 0 aliphatic rings. The van der Waals surface area contributed by atoms with E-state index in [9.17, 15) is 0 Å². The third kappa shape index (κ3) is 2.22. The van der Waals surface area contributed by atoms with Gasteiger partial charge in [0, 0.05) is 12.4 Å². The molecule has 0 aromatic carbocycles. The van der Waals surface area contributed by atoms with E-state index in [2.05, 4.69) is 18.5 Å². The molecular weight excluding hydrogens is 136 g/mol. The van der Waals surface area contributed by atoms with Crippen LogP contribution in [0.5, 0.6) is 0 Å². The van der Waals surface area contributed by atoms with E-state index in [1.807, 2.05) is 10.8 Å². The predicted octanol–water partition coefficient (Wildman–Crippen LogP) is 2.33. The molecule has 0 aliphatic heterocycles. The first kappa shape index (κ1) is 8.05. The molecule has 0 N–H and O–H groups in total. The summed E-state index contributed by atoms with van der Waals surface area (Å²) in [6.45, 7) is 5.83. The average molecular weight is 150 g/mol. The first-order valence-electron chi connectivity index (χ1n) is 4.01. The molecule has 2 nitrogen and oxygen atoms in total. The first-order chi connectivity index (χ1) is 5.36. The summed E-state index contributed by atoms with van der Waals surface area (Å²) in [6.07, 6.45) is 9.08. The monoisotopic (exact) mass is 150 g/mol. The number of hydrogen-bond donors (Lipinski definition) is 0. The van der Waals surface area contributed by atoms with Gasteiger partial charge in [-0.25, -0.2) is 4.98 Å². The summed E-state index contributed by atoms with van der Waals surface area (Å²) in [5.74, 6) is 0. The van der Waals surface area contributed by atoms with E-state index in [-0.39, 0.29) is 0 Å². The molecule has 0 spiro atoms. The number of aryl methyl sites for hydroxylation is 1. The minimum Gasteiger partial charge on any atom is -0.313 e. The Morgan fingerprint density at radius 2 is 2.55 bits per heavy atom. The fourth-order valence-corrected chi connectivity index (χ4v) is 0.966. The maximum absolute atomic E-state index is 4.22. The molecule has 1 heterocycles. The molecule has 0 radical (unpaired) electrons. The molecule has 11 heavy (non-hydrogen) atoms. The van der Waals surface area contributed by atoms with Crippen LogP contribution >= 0.6 is 0 Å². The smallest absolute Gasteiger partial charge is 0.0990 e. The highest BCUT2D eigenvalue weighted by Crippen LogP contribution is 2.01. The van der Waals surface area contributed by atoms with E-state index >= 15 is 0 Å². The highest BCUT2D eigenvalue weighted by atomic mass is 15.0. The Bertz CT molecular complexity index is 225. The lowest BCUT2D eigenvalue weighted by molar-refractivity contribution is 0.780. The Morgan fingerprint density at radius 3 is 3.09 bits per heavy atom. The minimum atomic E-state index is 1.08. The van der Waals surface area contributed by atoms with Gasteiger partial charge in [-0.3, -0.25) is 0 Å². The Kier molecular flexibility index (Phi) is 2.90. The summed E-state index contributed by atoms with van der Waals surface area (Å²) in [6, 6.07) is 0. The van der Waals surface area contributed by atoms with Crippen molar-refractivity contribution < 1.29 is 0 Å². The summed E-state index contributed by atoms with van der Waals surface area (Å²) in [5, 5.41) is 0. The van der Waals surface area contributed by atoms with E-state index < -0.39 is 0 Å². The fraction of sp³-hybridized carbons (Fsp3) is 0.444. The van der Waals surface area contributed by atoms with E-state index in [1.165, 1.54) is 12.8 Å². The zero-order chi connectivity index (χ0) is 8.10. The molecule has 2 heteroatoms. The van der Waals surface area contributed by atoms with Crippen molar-refractivity contribution in [1.82, 2.24) is 9.55 Å². The van der Waals surface area contributed by atoms with Gasteiger partial charge in [0.05, 0.1) is 12.0 Å². The van der Waals surface area contributed by atoms with Crippen LogP contribution in [0.2, 0.25) is 0 Å². The van der Waals surface area contributed by atoms with E-state index in [0.29, 0.717) is 0 Å². The van der Waals surface area contributed by atoms with Crippen LogP contribution in [0, 0.1) is 0 Å². The lowest BCUT2D eigenvalue weighted by atomic mass is 10.2. The highest BCUT2D eigenvalue weighted by molar-refractivity contribution is 5.17. The summed E-state index contributed by atoms with van der Waals surface area (Å²) in [5.41, 5.74) is 1.16. The van der Waals surface area contributed by atoms with Crippen molar-refractivity contribution in [3.05, 3.63) is 24.8 Å². The van der Waals surface area contributed by atoms with E-state index in [4.69, 9.17) is 0 Å². The molecular formula is C9H14N2. The molecule has 0 saturated heterocycles. The zero-order valence-electron chi connectivity index (χ0n) is 6.95. The van der Waals surface area contributed by atoms with Crippen LogP contribution in [0.15, 0.2) is 19.1 Å². The van der Waals surface area contributed by atoms with Crippen LogP contribution in [0.25, 0.3) is 6.20 Å². The molecule has 1 aromatic heterocycles. The largest absolute Gasteiger partial charge is 0.313 e. The second-order valence-corrected chi connectivity index (χ2v) is 2.60. The molecule has 0 fully saturated rings. The van der Waals surface area contributed by atoms with Gasteiger partial charge in [0.2, 0.25) is 0 Å². The maximum Gasteiger partial charge on any atom is 0.0990 e. The third-order valence-electron chi connectivity index (χ3n) is 1.65. The Hall–Kier alpha value is -1.05. The van der Waals surface area contributed by atoms with Crippen molar-refractivity contribution in [2.24, 2.45) is 0 Å². The topological polar surface area (TPSA) is 17.8 Å². The Labute approximate surface area is 67.6 Å². The third-order valence-corrected chi connectivity index (χ3v) is 1.65. The van der Waals surface area contributed by atoms with Gasteiger partial charge in [-0.2, -0.15) is 0 Å². The van der Waals surface area contributed by atoms with Gasteiger partial charge in [0.25, 0.3) is 0 Å². The number of imidazole rings is 1. The van der Waals surface area contributed by atoms with Crippen LogP contribution in [0.3, 0.4) is 0 Å². The fourth-order valence-electron chi connectivity index (χ4n) is 0.966. The molecule has 60 valence electrons. The van der Waals surface area contributed by atoms with Crippen molar-refractivity contribution in [2.45, 2.75) is 26.2 Å². The van der Waals surface area contributed by atoms with Crippen LogP contribution in [-0.2, 0) is 6.42 Å². The van der Waals surface area contributed by atoms with Crippen LogP contribution in [0.4, 0.5) is 0 Å². The van der Waals surface area contributed by atoms with Gasteiger partial charge in [-0.05, 0) is 12.8 Å². The molecule has 0 amide bonds. The maximum atomic E-state index is 4.22. The summed E-state index contributed by atoms with van der Waals surface area (Å²) in [4.78, 5) is 4.22. The van der Waals surface area contributed by atoms with E-state index in [0.717, 1.165) is 12.1 Å². The van der Waals surface area contributed by atoms with E-state index in [1.54, 1.807) is 12.5 Å². The molecule has 0 bridgehead atoms. The second kappa shape index (κ2) is 3.96. The number of unbranched alkanes of at least 4 members (excludes halogenated alkanes) is 1. The quantitative estimate of drug-likeness (QED) is 0.644. The summed E-state index contributed by atoms with van der Waals surface area (Å²) in [7, 11) is 0. The van der Waals surface area contributed by atoms with Crippen LogP contribution in [-0.4, -0.2) is 9.55 Å². The van der Waals surface area contributed by atoms with Crippen molar-refractivity contribution in [1.29, 1.82) is 0 Å². The van der Waals surface area contributed by atoms with Gasteiger partial charge in [0.1, 0.15) is 0 Å². The lowest BCUT2D eigenvalue weighted by Gasteiger charge is -1.90. The van der Waals surface area contributed by atoms with Gasteiger partial charge in [0.15, 0.2) is 0 Å². The zero-order valence-corrected chi connectivity index (χ0v) is 6.95. The standard InChI is InChI=1S/C9H14N2/c1-3-5-6-9-7-11(4-2)8-10-9/h4,7-8H,2-3,5-6H2,1H3. The van der Waals surface area contributed by atoms with Gasteiger partial charge < -0.3 is 4.57 Å². The Morgan fingerprint density at radius 1 is 1.73 bits per heavy atom. The normalized spacial score (nSPS) is 9.91. The van der Waals surface area contributed by atoms with Gasteiger partial charge in [-0.1, -0.05) is 19.9 Å². The molecule has 1 aromatic rings.